The molecule has 0 radical (unpaired) electrons. The zero-order valence-electron chi connectivity index (χ0n) is 18.9. The molecule has 0 amide bonds. The van der Waals surface area contributed by atoms with Crippen molar-refractivity contribution >= 4 is 0 Å². The molecule has 160 valence electrons. The number of hydrogen-bond acceptors (Lipinski definition) is 2. The lowest BCUT2D eigenvalue weighted by atomic mass is 9.44. The number of aliphatic hydroxyl groups excluding tert-OH is 1. The van der Waals surface area contributed by atoms with Crippen molar-refractivity contribution in [2.24, 2.45) is 40.4 Å². The van der Waals surface area contributed by atoms with E-state index in [-0.39, 0.29) is 11.7 Å². The van der Waals surface area contributed by atoms with Crippen LogP contribution in [0.3, 0.4) is 0 Å². The molecule has 4 saturated carbocycles. The normalized spacial score (nSPS) is 54.6. The second kappa shape index (κ2) is 6.71. The first-order chi connectivity index (χ1) is 13.3. The molecule has 0 aromatic rings. The summed E-state index contributed by atoms with van der Waals surface area (Å²) in [6.45, 7) is 9.96. The molecular weight excluding hydrogens is 344 g/mol. The molecule has 1 heterocycles. The van der Waals surface area contributed by atoms with Crippen LogP contribution in [0, 0.1) is 40.4 Å². The summed E-state index contributed by atoms with van der Waals surface area (Å²) < 4.78 is 6.48. The van der Waals surface area contributed by atoms with Gasteiger partial charge < -0.3 is 9.84 Å². The smallest absolute Gasteiger partial charge is 0.103 e. The van der Waals surface area contributed by atoms with Crippen LogP contribution in [0.15, 0.2) is 0 Å². The third-order valence-corrected chi connectivity index (χ3v) is 10.8. The van der Waals surface area contributed by atoms with Crippen molar-refractivity contribution in [1.82, 2.24) is 0 Å². The molecule has 0 aromatic carbocycles. The Hall–Kier alpha value is -0.0800. The largest absolute Gasteiger partial charge is 0.393 e. The van der Waals surface area contributed by atoms with Crippen LogP contribution in [0.4, 0.5) is 0 Å². The first-order valence-electron chi connectivity index (χ1n) is 12.7. The van der Waals surface area contributed by atoms with E-state index in [2.05, 4.69) is 27.7 Å². The summed E-state index contributed by atoms with van der Waals surface area (Å²) in [5.41, 5.74) is 0.976. The number of fused-ring (bicyclic) bond motifs is 4. The number of hydrogen-bond donors (Lipinski definition) is 1. The van der Waals surface area contributed by atoms with Crippen LogP contribution in [0.5, 0.6) is 0 Å². The summed E-state index contributed by atoms with van der Waals surface area (Å²) in [6.07, 6.45) is 16.3. The molecule has 2 heteroatoms. The molecule has 1 N–H and O–H groups in total. The Kier molecular flexibility index (Phi) is 4.76. The maximum atomic E-state index is 10.3. The van der Waals surface area contributed by atoms with E-state index in [0.717, 1.165) is 42.4 Å². The predicted octanol–water partition coefficient (Wildman–Crippen LogP) is 6.35. The van der Waals surface area contributed by atoms with Crippen LogP contribution in [0.1, 0.15) is 105 Å². The van der Waals surface area contributed by atoms with Gasteiger partial charge in [-0.2, -0.15) is 0 Å². The Morgan fingerprint density at radius 2 is 1.82 bits per heavy atom. The van der Waals surface area contributed by atoms with Gasteiger partial charge in [0.2, 0.25) is 0 Å². The van der Waals surface area contributed by atoms with E-state index >= 15 is 0 Å². The van der Waals surface area contributed by atoms with Crippen LogP contribution in [0.2, 0.25) is 0 Å². The highest BCUT2D eigenvalue weighted by molar-refractivity contribution is 5.24. The molecule has 9 atom stereocenters. The highest BCUT2D eigenvalue weighted by Crippen LogP contribution is 2.74. The Bertz CT molecular complexity index is 601. The van der Waals surface area contributed by atoms with Gasteiger partial charge in [-0.15, -0.1) is 0 Å². The fourth-order valence-corrected chi connectivity index (χ4v) is 9.18. The molecule has 1 aliphatic heterocycles. The van der Waals surface area contributed by atoms with Crippen molar-refractivity contribution in [3.05, 3.63) is 0 Å². The molecule has 5 rings (SSSR count). The first kappa shape index (κ1) is 19.9. The van der Waals surface area contributed by atoms with E-state index in [1.165, 1.54) is 64.2 Å². The van der Waals surface area contributed by atoms with Gasteiger partial charge in [0.05, 0.1) is 12.2 Å². The van der Waals surface area contributed by atoms with Gasteiger partial charge in [-0.05, 0) is 86.4 Å². The highest BCUT2D eigenvalue weighted by atomic mass is 16.6. The van der Waals surface area contributed by atoms with Crippen LogP contribution in [-0.4, -0.2) is 22.9 Å². The zero-order chi connectivity index (χ0) is 19.7. The lowest BCUT2D eigenvalue weighted by molar-refractivity contribution is -0.114. The van der Waals surface area contributed by atoms with Gasteiger partial charge in [0, 0.05) is 11.8 Å². The maximum Gasteiger partial charge on any atom is 0.103 e. The lowest BCUT2D eigenvalue weighted by Crippen LogP contribution is -2.58. The third kappa shape index (κ3) is 2.72. The van der Waals surface area contributed by atoms with Crippen LogP contribution in [-0.2, 0) is 4.74 Å². The molecule has 0 bridgehead atoms. The predicted molar refractivity (Wildman–Crippen MR) is 114 cm³/mol. The van der Waals surface area contributed by atoms with E-state index in [4.69, 9.17) is 4.74 Å². The fourth-order valence-electron chi connectivity index (χ4n) is 9.18. The average molecular weight is 389 g/mol. The summed E-state index contributed by atoms with van der Waals surface area (Å²) in [7, 11) is 0. The van der Waals surface area contributed by atoms with E-state index in [1.807, 2.05) is 0 Å². The van der Waals surface area contributed by atoms with E-state index in [0.29, 0.717) is 16.9 Å². The molecule has 0 aromatic heterocycles. The third-order valence-electron chi connectivity index (χ3n) is 10.8. The molecule has 1 saturated heterocycles. The van der Waals surface area contributed by atoms with Crippen LogP contribution >= 0.6 is 0 Å². The van der Waals surface area contributed by atoms with Crippen molar-refractivity contribution in [2.75, 3.05) is 0 Å². The monoisotopic (exact) mass is 388 g/mol. The minimum atomic E-state index is -0.120. The molecule has 9 unspecified atom stereocenters. The SMILES string of the molecule is CC(C)CCCCC1CCC2C3CC4OC45CC(O)CCC5(C)C3CCC12C. The van der Waals surface area contributed by atoms with E-state index in [9.17, 15) is 5.11 Å². The van der Waals surface area contributed by atoms with Gasteiger partial charge >= 0.3 is 0 Å². The van der Waals surface area contributed by atoms with Gasteiger partial charge in [0.25, 0.3) is 0 Å². The van der Waals surface area contributed by atoms with Gasteiger partial charge in [-0.25, -0.2) is 0 Å². The lowest BCUT2D eigenvalue weighted by Gasteiger charge is -2.59. The molecule has 5 aliphatic rings. The fraction of sp³-hybridized carbons (Fsp3) is 1.00. The molecule has 5 fully saturated rings. The number of ether oxygens (including phenoxy) is 1. The summed E-state index contributed by atoms with van der Waals surface area (Å²) in [5.74, 6) is 4.50. The minimum absolute atomic E-state index is 0.0500. The number of rotatable bonds is 5. The highest BCUT2D eigenvalue weighted by Gasteiger charge is 2.75. The van der Waals surface area contributed by atoms with E-state index < -0.39 is 0 Å². The van der Waals surface area contributed by atoms with Crippen molar-refractivity contribution in [3.63, 3.8) is 0 Å². The number of aliphatic hydroxyl groups is 1. The second-order valence-electron chi connectivity index (χ2n) is 12.4. The minimum Gasteiger partial charge on any atom is -0.393 e. The Labute approximate surface area is 173 Å². The molecule has 2 nitrogen and oxygen atoms in total. The molecule has 1 spiro atoms. The first-order valence-corrected chi connectivity index (χ1v) is 12.7. The van der Waals surface area contributed by atoms with Crippen molar-refractivity contribution in [3.8, 4) is 0 Å². The molecular formula is C26H44O2. The summed E-state index contributed by atoms with van der Waals surface area (Å²) >= 11 is 0. The quantitative estimate of drug-likeness (QED) is 0.439. The van der Waals surface area contributed by atoms with Gasteiger partial charge in [0.1, 0.15) is 5.60 Å². The van der Waals surface area contributed by atoms with Crippen molar-refractivity contribution < 1.29 is 9.84 Å². The Balaban J connectivity index is 1.30. The molecule has 28 heavy (non-hydrogen) atoms. The molecule has 4 aliphatic carbocycles. The van der Waals surface area contributed by atoms with Crippen molar-refractivity contribution in [2.45, 2.75) is 123 Å². The van der Waals surface area contributed by atoms with Gasteiger partial charge in [-0.3, -0.25) is 0 Å². The van der Waals surface area contributed by atoms with Gasteiger partial charge in [0.15, 0.2) is 0 Å². The zero-order valence-corrected chi connectivity index (χ0v) is 18.9. The van der Waals surface area contributed by atoms with E-state index in [1.54, 1.807) is 0 Å². The number of unbranched alkanes of at least 4 members (excludes halogenated alkanes) is 1. The summed E-state index contributed by atoms with van der Waals surface area (Å²) in [5, 5.41) is 10.3. The average Bonchev–Trinajstić information content (AvgIpc) is 3.22. The van der Waals surface area contributed by atoms with Crippen LogP contribution < -0.4 is 0 Å². The summed E-state index contributed by atoms with van der Waals surface area (Å²) in [4.78, 5) is 0. The standard InChI is InChI=1S/C26H44O2/c1-17(2)7-5-6-8-18-9-10-21-20-15-23-26(28-23)16-19(27)11-14-25(26,4)22(20)12-13-24(18,21)3/h17-23,27H,5-16H2,1-4H3. The Morgan fingerprint density at radius 3 is 2.61 bits per heavy atom. The van der Waals surface area contributed by atoms with Crippen molar-refractivity contribution in [1.29, 1.82) is 0 Å². The number of epoxide rings is 1. The second-order valence-corrected chi connectivity index (χ2v) is 12.4. The van der Waals surface area contributed by atoms with Crippen LogP contribution in [0.25, 0.3) is 0 Å². The maximum absolute atomic E-state index is 10.3. The van der Waals surface area contributed by atoms with Gasteiger partial charge in [-0.1, -0.05) is 47.0 Å². The summed E-state index contributed by atoms with van der Waals surface area (Å²) in [6, 6.07) is 0. The topological polar surface area (TPSA) is 32.8 Å². The Morgan fingerprint density at radius 1 is 1.00 bits per heavy atom.